The van der Waals surface area contributed by atoms with Crippen LogP contribution in [0.4, 0.5) is 0 Å². The summed E-state index contributed by atoms with van der Waals surface area (Å²) in [7, 11) is -3.54. The van der Waals surface area contributed by atoms with Crippen molar-refractivity contribution in [3.05, 3.63) is 23.8 Å². The van der Waals surface area contributed by atoms with Crippen LogP contribution < -0.4 is 5.14 Å². The molecule has 1 saturated carbocycles. The van der Waals surface area contributed by atoms with Gasteiger partial charge in [0.2, 0.25) is 10.0 Å². The summed E-state index contributed by atoms with van der Waals surface area (Å²) in [6.07, 6.45) is 4.98. The normalized spacial score (nSPS) is 20.4. The van der Waals surface area contributed by atoms with E-state index in [1.165, 1.54) is 0 Å². The third kappa shape index (κ3) is 1.82. The van der Waals surface area contributed by atoms with Crippen LogP contribution in [0.15, 0.2) is 12.4 Å². The molecule has 0 aromatic carbocycles. The summed E-state index contributed by atoms with van der Waals surface area (Å²) in [4.78, 5) is 8.43. The van der Waals surface area contributed by atoms with Crippen LogP contribution >= 0.6 is 0 Å². The van der Waals surface area contributed by atoms with Gasteiger partial charge in [0.1, 0.15) is 5.82 Å². The van der Waals surface area contributed by atoms with Crippen LogP contribution in [-0.4, -0.2) is 23.6 Å². The fraction of sp³-hybridized carbons (Fsp3) is 0.600. The average Bonchev–Trinajstić information content (AvgIpc) is 2.97. The Morgan fingerprint density at radius 1 is 1.38 bits per heavy atom. The zero-order valence-electron chi connectivity index (χ0n) is 9.34. The Hall–Kier alpha value is -1.01. The van der Waals surface area contributed by atoms with Gasteiger partial charge in [-0.05, 0) is 32.3 Å². The SMILES string of the molecule is Cc1cnc(C2([C@@H](C)S(N)(=O)=O)CC2)nc1. The van der Waals surface area contributed by atoms with E-state index in [0.29, 0.717) is 5.82 Å². The maximum atomic E-state index is 11.4. The van der Waals surface area contributed by atoms with E-state index in [4.69, 9.17) is 5.14 Å². The zero-order valence-corrected chi connectivity index (χ0v) is 10.2. The molecule has 1 fully saturated rings. The van der Waals surface area contributed by atoms with Crippen molar-refractivity contribution in [2.45, 2.75) is 37.4 Å². The molecule has 0 unspecified atom stereocenters. The zero-order chi connectivity index (χ0) is 12.0. The lowest BCUT2D eigenvalue weighted by Crippen LogP contribution is -2.37. The van der Waals surface area contributed by atoms with Crippen LogP contribution in [0.25, 0.3) is 0 Å². The molecule has 1 aliphatic rings. The van der Waals surface area contributed by atoms with Gasteiger partial charge in [0.05, 0.1) is 5.25 Å². The van der Waals surface area contributed by atoms with Gasteiger partial charge >= 0.3 is 0 Å². The van der Waals surface area contributed by atoms with Crippen LogP contribution in [-0.2, 0) is 15.4 Å². The summed E-state index contributed by atoms with van der Waals surface area (Å²) in [5, 5.41) is 4.57. The summed E-state index contributed by atoms with van der Waals surface area (Å²) in [6, 6.07) is 0. The predicted octanol–water partition coefficient (Wildman–Crippen LogP) is 0.494. The van der Waals surface area contributed by atoms with Crippen LogP contribution in [0.1, 0.15) is 31.2 Å². The Morgan fingerprint density at radius 2 is 1.88 bits per heavy atom. The van der Waals surface area contributed by atoms with Gasteiger partial charge in [-0.1, -0.05) is 0 Å². The number of hydrogen-bond donors (Lipinski definition) is 1. The monoisotopic (exact) mass is 241 g/mol. The fourth-order valence-electron chi connectivity index (χ4n) is 1.91. The molecule has 2 rings (SSSR count). The van der Waals surface area contributed by atoms with Gasteiger partial charge in [-0.25, -0.2) is 23.5 Å². The number of aromatic nitrogens is 2. The molecule has 0 spiro atoms. The van der Waals surface area contributed by atoms with Gasteiger partial charge < -0.3 is 0 Å². The highest BCUT2D eigenvalue weighted by Crippen LogP contribution is 2.51. The lowest BCUT2D eigenvalue weighted by Gasteiger charge is -2.19. The second-order valence-corrected chi connectivity index (χ2v) is 6.36. The first-order chi connectivity index (χ1) is 7.36. The molecular weight excluding hydrogens is 226 g/mol. The second kappa shape index (κ2) is 3.49. The highest BCUT2D eigenvalue weighted by Gasteiger charge is 2.55. The predicted molar refractivity (Wildman–Crippen MR) is 60.3 cm³/mol. The van der Waals surface area contributed by atoms with Crippen molar-refractivity contribution in [2.24, 2.45) is 5.14 Å². The fourth-order valence-corrected chi connectivity index (χ4v) is 2.88. The Balaban J connectivity index is 2.37. The van der Waals surface area contributed by atoms with E-state index in [1.54, 1.807) is 19.3 Å². The van der Waals surface area contributed by atoms with E-state index in [-0.39, 0.29) is 0 Å². The van der Waals surface area contributed by atoms with Crippen LogP contribution in [0, 0.1) is 6.92 Å². The third-order valence-corrected chi connectivity index (χ3v) is 4.72. The number of rotatable bonds is 3. The number of hydrogen-bond acceptors (Lipinski definition) is 4. The first-order valence-corrected chi connectivity index (χ1v) is 6.78. The molecule has 1 atom stereocenters. The van der Waals surface area contributed by atoms with Gasteiger partial charge in [0, 0.05) is 17.8 Å². The van der Waals surface area contributed by atoms with E-state index in [1.807, 2.05) is 6.92 Å². The summed E-state index contributed by atoms with van der Waals surface area (Å²) in [5.41, 5.74) is 0.504. The number of primary sulfonamides is 1. The molecule has 0 amide bonds. The molecule has 0 aliphatic heterocycles. The van der Waals surface area contributed by atoms with Crippen LogP contribution in [0.5, 0.6) is 0 Å². The minimum absolute atomic E-state index is 0.457. The summed E-state index contributed by atoms with van der Waals surface area (Å²) in [5.74, 6) is 0.597. The quantitative estimate of drug-likeness (QED) is 0.834. The minimum Gasteiger partial charge on any atom is -0.240 e. The maximum absolute atomic E-state index is 11.4. The maximum Gasteiger partial charge on any atom is 0.212 e. The van der Waals surface area contributed by atoms with Gasteiger partial charge in [-0.2, -0.15) is 0 Å². The topological polar surface area (TPSA) is 85.9 Å². The van der Waals surface area contributed by atoms with E-state index < -0.39 is 20.7 Å². The molecule has 6 heteroatoms. The van der Waals surface area contributed by atoms with Crippen molar-refractivity contribution in [2.75, 3.05) is 0 Å². The van der Waals surface area contributed by atoms with Crippen molar-refractivity contribution in [3.8, 4) is 0 Å². The smallest absolute Gasteiger partial charge is 0.212 e. The van der Waals surface area contributed by atoms with Crippen molar-refractivity contribution in [1.82, 2.24) is 9.97 Å². The van der Waals surface area contributed by atoms with Crippen LogP contribution in [0.3, 0.4) is 0 Å². The molecule has 0 saturated heterocycles. The lowest BCUT2D eigenvalue weighted by atomic mass is 10.0. The van der Waals surface area contributed by atoms with E-state index >= 15 is 0 Å². The molecular formula is C10H15N3O2S. The standard InChI is InChI=1S/C10H15N3O2S/c1-7-5-12-9(13-6-7)10(3-4-10)8(2)16(11,14)15/h5-6,8H,3-4H2,1-2H3,(H2,11,14,15)/t8-/m1/s1. The highest BCUT2D eigenvalue weighted by molar-refractivity contribution is 7.89. The Labute approximate surface area is 95.2 Å². The molecule has 5 nitrogen and oxygen atoms in total. The van der Waals surface area contributed by atoms with Crippen molar-refractivity contribution < 1.29 is 8.42 Å². The first-order valence-electron chi connectivity index (χ1n) is 5.17. The molecule has 0 radical (unpaired) electrons. The number of nitrogens with zero attached hydrogens (tertiary/aromatic N) is 2. The largest absolute Gasteiger partial charge is 0.240 e. The molecule has 88 valence electrons. The second-order valence-electron chi connectivity index (χ2n) is 4.47. The molecule has 16 heavy (non-hydrogen) atoms. The van der Waals surface area contributed by atoms with Gasteiger partial charge in [-0.15, -0.1) is 0 Å². The number of nitrogens with two attached hydrogens (primary N) is 1. The van der Waals surface area contributed by atoms with E-state index in [0.717, 1.165) is 18.4 Å². The third-order valence-electron chi connectivity index (χ3n) is 3.29. The van der Waals surface area contributed by atoms with E-state index in [2.05, 4.69) is 9.97 Å². The van der Waals surface area contributed by atoms with Crippen molar-refractivity contribution in [1.29, 1.82) is 0 Å². The minimum atomic E-state index is -3.54. The molecule has 1 aromatic heterocycles. The molecule has 1 aliphatic carbocycles. The lowest BCUT2D eigenvalue weighted by molar-refractivity contribution is 0.545. The van der Waals surface area contributed by atoms with Gasteiger partial charge in [-0.3, -0.25) is 0 Å². The Bertz CT molecular complexity index is 491. The van der Waals surface area contributed by atoms with Crippen molar-refractivity contribution >= 4 is 10.0 Å². The summed E-state index contributed by atoms with van der Waals surface area (Å²) in [6.45, 7) is 3.53. The van der Waals surface area contributed by atoms with Crippen LogP contribution in [0.2, 0.25) is 0 Å². The van der Waals surface area contributed by atoms with E-state index in [9.17, 15) is 8.42 Å². The molecule has 0 bridgehead atoms. The Morgan fingerprint density at radius 3 is 2.25 bits per heavy atom. The number of aryl methyl sites for hydroxylation is 1. The Kier molecular flexibility index (Phi) is 2.51. The van der Waals surface area contributed by atoms with Crippen molar-refractivity contribution in [3.63, 3.8) is 0 Å². The molecule has 2 N–H and O–H groups in total. The average molecular weight is 241 g/mol. The number of sulfonamides is 1. The van der Waals surface area contributed by atoms with Gasteiger partial charge in [0.15, 0.2) is 0 Å². The van der Waals surface area contributed by atoms with Gasteiger partial charge in [0.25, 0.3) is 0 Å². The summed E-state index contributed by atoms with van der Waals surface area (Å²) >= 11 is 0. The first kappa shape index (κ1) is 11.5. The summed E-state index contributed by atoms with van der Waals surface area (Å²) < 4.78 is 22.8. The molecule has 1 aromatic rings. The highest BCUT2D eigenvalue weighted by atomic mass is 32.2. The molecule has 1 heterocycles.